The van der Waals surface area contributed by atoms with E-state index < -0.39 is 5.60 Å². The van der Waals surface area contributed by atoms with E-state index in [1.165, 1.54) is 31.3 Å². The molecular weight excluding hydrogens is 196 g/mol. The van der Waals surface area contributed by atoms with Crippen molar-refractivity contribution in [1.82, 2.24) is 0 Å². The van der Waals surface area contributed by atoms with Gasteiger partial charge in [0.25, 0.3) is 0 Å². The van der Waals surface area contributed by atoms with E-state index in [-0.39, 0.29) is 0 Å². The van der Waals surface area contributed by atoms with Crippen LogP contribution in [0.15, 0.2) is 12.2 Å². The van der Waals surface area contributed by atoms with E-state index >= 15 is 0 Å². The Kier molecular flexibility index (Phi) is 2.94. The fraction of sp³-hybridized carbons (Fsp3) is 0.867. The fourth-order valence-corrected chi connectivity index (χ4v) is 4.14. The van der Waals surface area contributed by atoms with Gasteiger partial charge in [0.05, 0.1) is 5.60 Å². The van der Waals surface area contributed by atoms with Gasteiger partial charge in [0.1, 0.15) is 0 Å². The van der Waals surface area contributed by atoms with Crippen molar-refractivity contribution >= 4 is 0 Å². The molecule has 2 fully saturated rings. The Hall–Kier alpha value is -0.300. The summed E-state index contributed by atoms with van der Waals surface area (Å²) in [7, 11) is 0. The standard InChI is InChI=1S/C15H26O/c1-11(2)12-6-9-14(3)7-5-8-15(4,16)13(14)10-12/h12-13,16H,1,5-10H2,2-4H3/t12?,13-,14-,15-/m1/s1. The number of hydrogen-bond acceptors (Lipinski definition) is 1. The Morgan fingerprint density at radius 2 is 1.94 bits per heavy atom. The fourth-order valence-electron chi connectivity index (χ4n) is 4.14. The third kappa shape index (κ3) is 1.95. The molecule has 16 heavy (non-hydrogen) atoms. The van der Waals surface area contributed by atoms with Gasteiger partial charge in [-0.05, 0) is 63.2 Å². The van der Waals surface area contributed by atoms with Crippen molar-refractivity contribution in [1.29, 1.82) is 0 Å². The average Bonchev–Trinajstić information content (AvgIpc) is 2.15. The van der Waals surface area contributed by atoms with Crippen LogP contribution in [0.25, 0.3) is 0 Å². The maximum absolute atomic E-state index is 10.6. The molecule has 2 aliphatic carbocycles. The zero-order chi connectivity index (χ0) is 12.0. The predicted octanol–water partition coefficient (Wildman–Crippen LogP) is 3.92. The molecule has 0 saturated heterocycles. The molecular formula is C15H26O. The minimum atomic E-state index is -0.443. The van der Waals surface area contributed by atoms with Gasteiger partial charge >= 0.3 is 0 Å². The second-order valence-electron chi connectivity index (χ2n) is 6.73. The molecule has 0 aromatic rings. The first-order valence-electron chi connectivity index (χ1n) is 6.73. The van der Waals surface area contributed by atoms with Crippen LogP contribution in [0.5, 0.6) is 0 Å². The van der Waals surface area contributed by atoms with Crippen LogP contribution >= 0.6 is 0 Å². The summed E-state index contributed by atoms with van der Waals surface area (Å²) in [5, 5.41) is 10.6. The molecule has 0 spiro atoms. The van der Waals surface area contributed by atoms with E-state index in [1.54, 1.807) is 0 Å². The molecule has 0 amide bonds. The van der Waals surface area contributed by atoms with Gasteiger partial charge in [-0.25, -0.2) is 0 Å². The Bertz CT molecular complexity index is 292. The number of fused-ring (bicyclic) bond motifs is 1. The van der Waals surface area contributed by atoms with E-state index in [0.717, 1.165) is 12.8 Å². The summed E-state index contributed by atoms with van der Waals surface area (Å²) in [6.45, 7) is 10.7. The van der Waals surface area contributed by atoms with E-state index in [9.17, 15) is 5.11 Å². The highest BCUT2D eigenvalue weighted by Gasteiger charge is 2.50. The van der Waals surface area contributed by atoms with Crippen LogP contribution < -0.4 is 0 Å². The van der Waals surface area contributed by atoms with Gasteiger partial charge in [-0.15, -0.1) is 0 Å². The molecule has 0 aromatic carbocycles. The van der Waals surface area contributed by atoms with Crippen molar-refractivity contribution in [3.63, 3.8) is 0 Å². The zero-order valence-electron chi connectivity index (χ0n) is 11.1. The first kappa shape index (κ1) is 12.2. The Balaban J connectivity index is 2.21. The number of aliphatic hydroxyl groups is 1. The molecule has 2 aliphatic rings. The van der Waals surface area contributed by atoms with Crippen LogP contribution in [-0.2, 0) is 0 Å². The molecule has 1 unspecified atom stereocenters. The maximum atomic E-state index is 10.6. The summed E-state index contributed by atoms with van der Waals surface area (Å²) < 4.78 is 0. The second-order valence-corrected chi connectivity index (χ2v) is 6.73. The molecule has 0 aromatic heterocycles. The monoisotopic (exact) mass is 222 g/mol. The highest BCUT2D eigenvalue weighted by Crippen LogP contribution is 2.56. The molecule has 1 heteroatoms. The first-order chi connectivity index (χ1) is 7.35. The number of hydrogen-bond donors (Lipinski definition) is 1. The molecule has 1 N–H and O–H groups in total. The zero-order valence-corrected chi connectivity index (χ0v) is 11.1. The van der Waals surface area contributed by atoms with Crippen molar-refractivity contribution in [2.75, 3.05) is 0 Å². The van der Waals surface area contributed by atoms with Crippen LogP contribution in [0.1, 0.15) is 59.3 Å². The molecule has 0 heterocycles. The minimum Gasteiger partial charge on any atom is -0.390 e. The normalized spacial score (nSPS) is 48.5. The highest BCUT2D eigenvalue weighted by molar-refractivity contribution is 5.07. The van der Waals surface area contributed by atoms with Crippen LogP contribution in [0.3, 0.4) is 0 Å². The SMILES string of the molecule is C=C(C)C1CC[C@@]2(C)CCC[C@@](C)(O)[C@@H]2C1. The highest BCUT2D eigenvalue weighted by atomic mass is 16.3. The van der Waals surface area contributed by atoms with Gasteiger partial charge in [0, 0.05) is 0 Å². The molecule has 0 radical (unpaired) electrons. The first-order valence-corrected chi connectivity index (χ1v) is 6.73. The van der Waals surface area contributed by atoms with Gasteiger partial charge in [-0.3, -0.25) is 0 Å². The second kappa shape index (κ2) is 3.87. The maximum Gasteiger partial charge on any atom is 0.0653 e. The van der Waals surface area contributed by atoms with Gasteiger partial charge < -0.3 is 5.11 Å². The van der Waals surface area contributed by atoms with E-state index in [0.29, 0.717) is 17.3 Å². The summed E-state index contributed by atoms with van der Waals surface area (Å²) >= 11 is 0. The molecule has 4 atom stereocenters. The van der Waals surface area contributed by atoms with E-state index in [1.807, 2.05) is 0 Å². The Morgan fingerprint density at radius 3 is 2.56 bits per heavy atom. The van der Waals surface area contributed by atoms with Crippen LogP contribution in [-0.4, -0.2) is 10.7 Å². The predicted molar refractivity (Wildman–Crippen MR) is 68.2 cm³/mol. The van der Waals surface area contributed by atoms with Crippen molar-refractivity contribution in [2.24, 2.45) is 17.3 Å². The van der Waals surface area contributed by atoms with Crippen molar-refractivity contribution in [3.05, 3.63) is 12.2 Å². The number of allylic oxidation sites excluding steroid dienone is 1. The van der Waals surface area contributed by atoms with E-state index in [4.69, 9.17) is 0 Å². The lowest BCUT2D eigenvalue weighted by atomic mass is 9.53. The largest absolute Gasteiger partial charge is 0.390 e. The van der Waals surface area contributed by atoms with Crippen molar-refractivity contribution in [3.8, 4) is 0 Å². The van der Waals surface area contributed by atoms with Gasteiger partial charge in [-0.1, -0.05) is 25.5 Å². The van der Waals surface area contributed by atoms with Crippen LogP contribution in [0.4, 0.5) is 0 Å². The summed E-state index contributed by atoms with van der Waals surface area (Å²) in [5.74, 6) is 1.12. The van der Waals surface area contributed by atoms with Gasteiger partial charge in [-0.2, -0.15) is 0 Å². The smallest absolute Gasteiger partial charge is 0.0653 e. The lowest BCUT2D eigenvalue weighted by molar-refractivity contribution is -0.120. The van der Waals surface area contributed by atoms with Crippen LogP contribution in [0, 0.1) is 17.3 Å². The summed E-state index contributed by atoms with van der Waals surface area (Å²) in [5.41, 5.74) is 1.25. The molecule has 2 saturated carbocycles. The number of rotatable bonds is 1. The molecule has 0 aliphatic heterocycles. The average molecular weight is 222 g/mol. The molecule has 0 bridgehead atoms. The third-order valence-electron chi connectivity index (χ3n) is 5.30. The molecule has 92 valence electrons. The third-order valence-corrected chi connectivity index (χ3v) is 5.30. The van der Waals surface area contributed by atoms with Gasteiger partial charge in [0.15, 0.2) is 0 Å². The van der Waals surface area contributed by atoms with Crippen molar-refractivity contribution < 1.29 is 5.11 Å². The Labute approximate surface area is 99.9 Å². The lowest BCUT2D eigenvalue weighted by Gasteiger charge is -2.54. The summed E-state index contributed by atoms with van der Waals surface area (Å²) in [6, 6.07) is 0. The topological polar surface area (TPSA) is 20.2 Å². The molecule has 1 nitrogen and oxygen atoms in total. The quantitative estimate of drug-likeness (QED) is 0.667. The lowest BCUT2D eigenvalue weighted by Crippen LogP contribution is -2.51. The van der Waals surface area contributed by atoms with Gasteiger partial charge in [0.2, 0.25) is 0 Å². The van der Waals surface area contributed by atoms with Crippen LogP contribution in [0.2, 0.25) is 0 Å². The Morgan fingerprint density at radius 1 is 1.25 bits per heavy atom. The van der Waals surface area contributed by atoms with E-state index in [2.05, 4.69) is 27.4 Å². The minimum absolute atomic E-state index is 0.383. The molecule has 2 rings (SSSR count). The van der Waals surface area contributed by atoms with Crippen molar-refractivity contribution in [2.45, 2.75) is 64.9 Å². The summed E-state index contributed by atoms with van der Waals surface area (Å²) in [6.07, 6.45) is 7.17. The summed E-state index contributed by atoms with van der Waals surface area (Å²) in [4.78, 5) is 0.